The van der Waals surface area contributed by atoms with Gasteiger partial charge in [0.2, 0.25) is 5.91 Å². The van der Waals surface area contributed by atoms with Gasteiger partial charge in [0.05, 0.1) is 25.5 Å². The molecule has 1 aromatic carbocycles. The van der Waals surface area contributed by atoms with Crippen LogP contribution in [0, 0.1) is 11.3 Å². The van der Waals surface area contributed by atoms with E-state index in [1.54, 1.807) is 11.9 Å². The summed E-state index contributed by atoms with van der Waals surface area (Å²) in [6.07, 6.45) is 2.90. The summed E-state index contributed by atoms with van der Waals surface area (Å²) in [4.78, 5) is 13.3. The van der Waals surface area contributed by atoms with Crippen molar-refractivity contribution in [3.8, 4) is 11.8 Å². The second-order valence-corrected chi connectivity index (χ2v) is 4.72. The summed E-state index contributed by atoms with van der Waals surface area (Å²) in [6.45, 7) is 2.99. The molecule has 0 bridgehead atoms. The standard InChI is InChI=1S/C16H22N2O2/c1-3-5-14-6-8-15(9-7-14)20-13-10-16(19)18(2)12-4-11-17/h6-9H,3-5,10,12-13H2,1-2H3. The van der Waals surface area contributed by atoms with Crippen LogP contribution in [0.3, 0.4) is 0 Å². The van der Waals surface area contributed by atoms with Crippen molar-refractivity contribution in [1.82, 2.24) is 4.90 Å². The van der Waals surface area contributed by atoms with Crippen LogP contribution in [-0.2, 0) is 11.2 Å². The molecular weight excluding hydrogens is 252 g/mol. The minimum Gasteiger partial charge on any atom is -0.493 e. The Balaban J connectivity index is 2.29. The van der Waals surface area contributed by atoms with E-state index in [2.05, 4.69) is 19.1 Å². The zero-order valence-corrected chi connectivity index (χ0v) is 12.3. The third kappa shape index (κ3) is 5.75. The Hall–Kier alpha value is -2.02. The lowest BCUT2D eigenvalue weighted by atomic mass is 10.1. The van der Waals surface area contributed by atoms with Crippen molar-refractivity contribution in [3.05, 3.63) is 29.8 Å². The number of rotatable bonds is 8. The lowest BCUT2D eigenvalue weighted by Crippen LogP contribution is -2.28. The van der Waals surface area contributed by atoms with E-state index in [0.29, 0.717) is 26.0 Å². The molecule has 0 aromatic heterocycles. The van der Waals surface area contributed by atoms with Gasteiger partial charge in [0, 0.05) is 13.6 Å². The van der Waals surface area contributed by atoms with Gasteiger partial charge >= 0.3 is 0 Å². The summed E-state index contributed by atoms with van der Waals surface area (Å²) < 4.78 is 5.55. The molecule has 0 aliphatic heterocycles. The predicted octanol–water partition coefficient (Wildman–Crippen LogP) is 2.78. The van der Waals surface area contributed by atoms with Crippen molar-refractivity contribution < 1.29 is 9.53 Å². The molecule has 4 nitrogen and oxygen atoms in total. The van der Waals surface area contributed by atoms with Gasteiger partial charge in [0.15, 0.2) is 0 Å². The Morgan fingerprint density at radius 1 is 1.35 bits per heavy atom. The molecule has 108 valence electrons. The number of hydrogen-bond acceptors (Lipinski definition) is 3. The molecule has 20 heavy (non-hydrogen) atoms. The van der Waals surface area contributed by atoms with E-state index >= 15 is 0 Å². The Morgan fingerprint density at radius 3 is 2.65 bits per heavy atom. The maximum Gasteiger partial charge on any atom is 0.225 e. The summed E-state index contributed by atoms with van der Waals surface area (Å²) >= 11 is 0. The molecule has 0 fully saturated rings. The van der Waals surface area contributed by atoms with Crippen LogP contribution in [0.5, 0.6) is 5.75 Å². The second-order valence-electron chi connectivity index (χ2n) is 4.72. The molecule has 0 unspecified atom stereocenters. The van der Waals surface area contributed by atoms with Crippen molar-refractivity contribution in [2.75, 3.05) is 20.2 Å². The normalized spacial score (nSPS) is 9.85. The maximum absolute atomic E-state index is 11.7. The zero-order chi connectivity index (χ0) is 14.8. The second kappa shape index (κ2) is 8.98. The Morgan fingerprint density at radius 2 is 2.05 bits per heavy atom. The molecule has 1 amide bonds. The van der Waals surface area contributed by atoms with E-state index in [9.17, 15) is 4.79 Å². The summed E-state index contributed by atoms with van der Waals surface area (Å²) in [5.41, 5.74) is 1.30. The first-order valence-corrected chi connectivity index (χ1v) is 7.00. The van der Waals surface area contributed by atoms with Gasteiger partial charge in [-0.1, -0.05) is 25.5 Å². The molecule has 4 heteroatoms. The predicted molar refractivity (Wildman–Crippen MR) is 78.4 cm³/mol. The number of carbonyl (C=O) groups excluding carboxylic acids is 1. The number of amides is 1. The van der Waals surface area contributed by atoms with Crippen LogP contribution in [-0.4, -0.2) is 31.0 Å². The van der Waals surface area contributed by atoms with Crippen molar-refractivity contribution in [2.24, 2.45) is 0 Å². The maximum atomic E-state index is 11.7. The van der Waals surface area contributed by atoms with Crippen molar-refractivity contribution in [2.45, 2.75) is 32.6 Å². The van der Waals surface area contributed by atoms with Gasteiger partial charge in [-0.25, -0.2) is 0 Å². The highest BCUT2D eigenvalue weighted by Crippen LogP contribution is 2.13. The van der Waals surface area contributed by atoms with Crippen LogP contribution >= 0.6 is 0 Å². The summed E-state index contributed by atoms with van der Waals surface area (Å²) in [6, 6.07) is 10.0. The number of nitrogens with zero attached hydrogens (tertiary/aromatic N) is 2. The van der Waals surface area contributed by atoms with E-state index in [1.165, 1.54) is 5.56 Å². The van der Waals surface area contributed by atoms with Gasteiger partial charge in [-0.2, -0.15) is 5.26 Å². The van der Waals surface area contributed by atoms with E-state index in [-0.39, 0.29) is 5.91 Å². The fraction of sp³-hybridized carbons (Fsp3) is 0.500. The molecule has 0 atom stereocenters. The summed E-state index contributed by atoms with van der Waals surface area (Å²) in [5.74, 6) is 0.792. The first-order chi connectivity index (χ1) is 9.67. The van der Waals surface area contributed by atoms with Crippen LogP contribution in [0.15, 0.2) is 24.3 Å². The van der Waals surface area contributed by atoms with E-state index in [0.717, 1.165) is 18.6 Å². The van der Waals surface area contributed by atoms with Crippen molar-refractivity contribution >= 4 is 5.91 Å². The number of nitriles is 1. The SMILES string of the molecule is CCCc1ccc(OCCC(=O)N(C)CCC#N)cc1. The number of hydrogen-bond donors (Lipinski definition) is 0. The fourth-order valence-corrected chi connectivity index (χ4v) is 1.83. The van der Waals surface area contributed by atoms with Crippen LogP contribution in [0.4, 0.5) is 0 Å². The van der Waals surface area contributed by atoms with Gasteiger partial charge in [0.25, 0.3) is 0 Å². The first-order valence-electron chi connectivity index (χ1n) is 7.00. The molecule has 0 heterocycles. The number of aryl methyl sites for hydroxylation is 1. The first kappa shape index (κ1) is 16.0. The minimum atomic E-state index is 0.00264. The topological polar surface area (TPSA) is 53.3 Å². The van der Waals surface area contributed by atoms with Crippen LogP contribution in [0.2, 0.25) is 0 Å². The molecule has 0 saturated heterocycles. The lowest BCUT2D eigenvalue weighted by Gasteiger charge is -2.15. The molecule has 0 saturated carbocycles. The van der Waals surface area contributed by atoms with Gasteiger partial charge < -0.3 is 9.64 Å². The number of benzene rings is 1. The monoisotopic (exact) mass is 274 g/mol. The van der Waals surface area contributed by atoms with E-state index in [4.69, 9.17) is 10.00 Å². The van der Waals surface area contributed by atoms with Crippen LogP contribution in [0.1, 0.15) is 31.7 Å². The average Bonchev–Trinajstić information content (AvgIpc) is 2.46. The van der Waals surface area contributed by atoms with Gasteiger partial charge in [-0.05, 0) is 24.1 Å². The zero-order valence-electron chi connectivity index (χ0n) is 12.3. The summed E-state index contributed by atoms with van der Waals surface area (Å²) in [5, 5.41) is 8.47. The number of carbonyl (C=O) groups is 1. The molecule has 0 spiro atoms. The molecule has 0 aliphatic rings. The largest absolute Gasteiger partial charge is 0.493 e. The highest BCUT2D eigenvalue weighted by molar-refractivity contribution is 5.75. The third-order valence-corrected chi connectivity index (χ3v) is 3.03. The Labute approximate surface area is 121 Å². The third-order valence-electron chi connectivity index (χ3n) is 3.03. The minimum absolute atomic E-state index is 0.00264. The average molecular weight is 274 g/mol. The van der Waals surface area contributed by atoms with Gasteiger partial charge in [0.1, 0.15) is 5.75 Å². The Kier molecular flexibility index (Phi) is 7.20. The van der Waals surface area contributed by atoms with Crippen molar-refractivity contribution in [3.63, 3.8) is 0 Å². The lowest BCUT2D eigenvalue weighted by molar-refractivity contribution is -0.130. The van der Waals surface area contributed by atoms with Gasteiger partial charge in [-0.3, -0.25) is 4.79 Å². The highest BCUT2D eigenvalue weighted by atomic mass is 16.5. The number of ether oxygens (including phenoxy) is 1. The highest BCUT2D eigenvalue weighted by Gasteiger charge is 2.08. The summed E-state index contributed by atoms with van der Waals surface area (Å²) in [7, 11) is 1.71. The Bertz CT molecular complexity index is 449. The van der Waals surface area contributed by atoms with E-state index in [1.807, 2.05) is 18.2 Å². The quantitative estimate of drug-likeness (QED) is 0.732. The van der Waals surface area contributed by atoms with Crippen LogP contribution < -0.4 is 4.74 Å². The molecule has 0 N–H and O–H groups in total. The smallest absolute Gasteiger partial charge is 0.225 e. The fourth-order valence-electron chi connectivity index (χ4n) is 1.83. The molecule has 1 rings (SSSR count). The van der Waals surface area contributed by atoms with Crippen LogP contribution in [0.25, 0.3) is 0 Å². The van der Waals surface area contributed by atoms with E-state index < -0.39 is 0 Å². The molecule has 1 aromatic rings. The van der Waals surface area contributed by atoms with Gasteiger partial charge in [-0.15, -0.1) is 0 Å². The van der Waals surface area contributed by atoms with Crippen molar-refractivity contribution in [1.29, 1.82) is 5.26 Å². The molecular formula is C16H22N2O2. The molecule has 0 aliphatic carbocycles. The molecule has 0 radical (unpaired) electrons.